The second kappa shape index (κ2) is 8.39. The van der Waals surface area contributed by atoms with Gasteiger partial charge in [-0.1, -0.05) is 24.3 Å². The molecule has 0 amide bonds. The summed E-state index contributed by atoms with van der Waals surface area (Å²) in [6, 6.07) is 11.5. The van der Waals surface area contributed by atoms with Gasteiger partial charge in [-0.2, -0.15) is 9.40 Å². The molecular weight excluding hydrogens is 419 g/mol. The van der Waals surface area contributed by atoms with E-state index in [0.717, 1.165) is 11.1 Å². The van der Waals surface area contributed by atoms with E-state index in [1.54, 1.807) is 25.1 Å². The number of para-hydroxylation sites is 1. The monoisotopic (exact) mass is 444 g/mol. The molecule has 7 nitrogen and oxygen atoms in total. The van der Waals surface area contributed by atoms with Crippen LogP contribution in [-0.2, 0) is 16.4 Å². The lowest BCUT2D eigenvalue weighted by Gasteiger charge is -2.31. The van der Waals surface area contributed by atoms with Crippen LogP contribution < -0.4 is 5.69 Å². The van der Waals surface area contributed by atoms with Crippen LogP contribution in [0.4, 0.5) is 4.39 Å². The summed E-state index contributed by atoms with van der Waals surface area (Å²) < 4.78 is 43.3. The fourth-order valence-corrected chi connectivity index (χ4v) is 5.86. The average molecular weight is 445 g/mol. The topological polar surface area (TPSA) is 88.1 Å². The molecule has 0 saturated carbocycles. The van der Waals surface area contributed by atoms with Crippen molar-refractivity contribution < 1.29 is 12.8 Å². The number of benzene rings is 2. The molecule has 3 aromatic rings. The van der Waals surface area contributed by atoms with Crippen molar-refractivity contribution in [2.24, 2.45) is 5.92 Å². The van der Waals surface area contributed by atoms with Gasteiger partial charge in [0, 0.05) is 19.5 Å². The first-order valence-electron chi connectivity index (χ1n) is 10.3. The highest BCUT2D eigenvalue weighted by atomic mass is 32.2. The largest absolute Gasteiger partial charge is 0.348 e. The van der Waals surface area contributed by atoms with Crippen molar-refractivity contribution in [1.29, 1.82) is 0 Å². The summed E-state index contributed by atoms with van der Waals surface area (Å²) in [7, 11) is -3.56. The molecule has 1 N–H and O–H groups in total. The molecule has 0 aliphatic carbocycles. The van der Waals surface area contributed by atoms with Crippen LogP contribution in [0.25, 0.3) is 5.69 Å². The second-order valence-electron chi connectivity index (χ2n) is 8.05. The van der Waals surface area contributed by atoms with Crippen molar-refractivity contribution >= 4 is 10.0 Å². The molecule has 0 bridgehead atoms. The van der Waals surface area contributed by atoms with Gasteiger partial charge in [-0.15, -0.1) is 0 Å². The summed E-state index contributed by atoms with van der Waals surface area (Å²) >= 11 is 0. The molecule has 2 aromatic carbocycles. The summed E-state index contributed by atoms with van der Waals surface area (Å²) in [5.41, 5.74) is 1.31. The number of aryl methyl sites for hydroxylation is 2. The van der Waals surface area contributed by atoms with Gasteiger partial charge in [0.2, 0.25) is 10.0 Å². The fourth-order valence-electron chi connectivity index (χ4n) is 4.08. The molecule has 0 atom stereocenters. The Bertz CT molecular complexity index is 1260. The molecule has 1 fully saturated rings. The van der Waals surface area contributed by atoms with E-state index in [1.165, 1.54) is 21.0 Å². The van der Waals surface area contributed by atoms with Crippen LogP contribution in [0.2, 0.25) is 0 Å². The van der Waals surface area contributed by atoms with E-state index in [9.17, 15) is 17.6 Å². The van der Waals surface area contributed by atoms with Crippen LogP contribution in [0.1, 0.15) is 29.8 Å². The predicted molar refractivity (Wildman–Crippen MR) is 115 cm³/mol. The molecule has 1 aromatic heterocycles. The molecule has 1 saturated heterocycles. The van der Waals surface area contributed by atoms with E-state index >= 15 is 0 Å². The SMILES string of the molecule is Cc1ccc(C)c(S(=O)(=O)N2CCC(Cc3n[nH]c(=O)n3-c3ccccc3F)CC2)c1. The highest BCUT2D eigenvalue weighted by Gasteiger charge is 2.31. The maximum atomic E-state index is 14.2. The third-order valence-corrected chi connectivity index (χ3v) is 7.88. The Hall–Kier alpha value is -2.78. The lowest BCUT2D eigenvalue weighted by molar-refractivity contribution is 0.269. The first kappa shape index (κ1) is 21.5. The molecule has 9 heteroatoms. The number of rotatable bonds is 5. The van der Waals surface area contributed by atoms with Gasteiger partial charge < -0.3 is 0 Å². The molecule has 1 aliphatic rings. The lowest BCUT2D eigenvalue weighted by atomic mass is 9.94. The first-order chi connectivity index (χ1) is 14.8. The van der Waals surface area contributed by atoms with Crippen LogP contribution in [0, 0.1) is 25.6 Å². The number of H-pyrrole nitrogens is 1. The Balaban J connectivity index is 1.49. The van der Waals surface area contributed by atoms with Crippen molar-refractivity contribution in [1.82, 2.24) is 19.1 Å². The molecule has 2 heterocycles. The summed E-state index contributed by atoms with van der Waals surface area (Å²) in [5, 5.41) is 6.49. The second-order valence-corrected chi connectivity index (χ2v) is 9.96. The standard InChI is InChI=1S/C22H25FN4O3S/c1-15-7-8-16(2)20(13-15)31(29,30)26-11-9-17(10-12-26)14-21-24-25-22(28)27(21)19-6-4-3-5-18(19)23/h3-8,13,17H,9-12,14H2,1-2H3,(H,25,28). The number of aromatic amines is 1. The minimum absolute atomic E-state index is 0.144. The van der Waals surface area contributed by atoms with Gasteiger partial charge >= 0.3 is 5.69 Å². The van der Waals surface area contributed by atoms with E-state index in [-0.39, 0.29) is 11.6 Å². The normalized spacial score (nSPS) is 16.0. The summed E-state index contributed by atoms with van der Waals surface area (Å²) in [4.78, 5) is 12.6. The van der Waals surface area contributed by atoms with Gasteiger partial charge in [-0.25, -0.2) is 27.3 Å². The number of nitrogens with zero attached hydrogens (tertiary/aromatic N) is 3. The van der Waals surface area contributed by atoms with Gasteiger partial charge in [0.25, 0.3) is 0 Å². The van der Waals surface area contributed by atoms with Crippen LogP contribution in [-0.4, -0.2) is 40.6 Å². The summed E-state index contributed by atoms with van der Waals surface area (Å²) in [6.45, 7) is 4.48. The van der Waals surface area contributed by atoms with Gasteiger partial charge in [-0.05, 0) is 61.9 Å². The Morgan fingerprint density at radius 2 is 1.84 bits per heavy atom. The van der Waals surface area contributed by atoms with Gasteiger partial charge in [0.15, 0.2) is 0 Å². The van der Waals surface area contributed by atoms with E-state index in [4.69, 9.17) is 0 Å². The van der Waals surface area contributed by atoms with Gasteiger partial charge in [0.05, 0.1) is 10.6 Å². The number of hydrogen-bond acceptors (Lipinski definition) is 4. The quantitative estimate of drug-likeness (QED) is 0.655. The molecule has 0 spiro atoms. The number of aromatic nitrogens is 3. The molecular formula is C22H25FN4O3S. The van der Waals surface area contributed by atoms with Crippen molar-refractivity contribution in [3.63, 3.8) is 0 Å². The van der Waals surface area contributed by atoms with Gasteiger partial charge in [0.1, 0.15) is 11.6 Å². The zero-order valence-electron chi connectivity index (χ0n) is 17.5. The average Bonchev–Trinajstić information content (AvgIpc) is 3.10. The van der Waals surface area contributed by atoms with E-state index in [1.807, 2.05) is 19.1 Å². The van der Waals surface area contributed by atoms with Crippen LogP contribution in [0.5, 0.6) is 0 Å². The molecule has 0 radical (unpaired) electrons. The van der Waals surface area contributed by atoms with Crippen LogP contribution in [0.3, 0.4) is 0 Å². The molecule has 31 heavy (non-hydrogen) atoms. The number of hydrogen-bond donors (Lipinski definition) is 1. The van der Waals surface area contributed by atoms with Gasteiger partial charge in [-0.3, -0.25) is 0 Å². The van der Waals surface area contributed by atoms with Crippen molar-refractivity contribution in [3.8, 4) is 5.69 Å². The third-order valence-electron chi connectivity index (χ3n) is 5.84. The van der Waals surface area contributed by atoms with Crippen LogP contribution in [0.15, 0.2) is 52.2 Å². The minimum Gasteiger partial charge on any atom is -0.246 e. The van der Waals surface area contributed by atoms with Crippen molar-refractivity contribution in [2.45, 2.75) is 38.0 Å². The zero-order chi connectivity index (χ0) is 22.2. The highest BCUT2D eigenvalue weighted by molar-refractivity contribution is 7.89. The fraction of sp³-hybridized carbons (Fsp3) is 0.364. The highest BCUT2D eigenvalue weighted by Crippen LogP contribution is 2.28. The van der Waals surface area contributed by atoms with E-state index < -0.39 is 21.5 Å². The molecule has 164 valence electrons. The van der Waals surface area contributed by atoms with Crippen molar-refractivity contribution in [2.75, 3.05) is 13.1 Å². The van der Waals surface area contributed by atoms with Crippen molar-refractivity contribution in [3.05, 3.63) is 75.7 Å². The summed E-state index contributed by atoms with van der Waals surface area (Å²) in [6.07, 6.45) is 1.75. The molecule has 4 rings (SSSR count). The lowest BCUT2D eigenvalue weighted by Crippen LogP contribution is -2.39. The smallest absolute Gasteiger partial charge is 0.246 e. The first-order valence-corrected chi connectivity index (χ1v) is 11.7. The number of piperidine rings is 1. The molecule has 1 aliphatic heterocycles. The minimum atomic E-state index is -3.56. The number of halogens is 1. The van der Waals surface area contributed by atoms with Crippen LogP contribution >= 0.6 is 0 Å². The Kier molecular flexibility index (Phi) is 5.81. The Morgan fingerprint density at radius 1 is 1.13 bits per heavy atom. The number of nitrogens with one attached hydrogen (secondary N) is 1. The van der Waals surface area contributed by atoms with E-state index in [2.05, 4.69) is 10.2 Å². The zero-order valence-corrected chi connectivity index (χ0v) is 18.3. The van der Waals surface area contributed by atoms with E-state index in [0.29, 0.717) is 43.1 Å². The predicted octanol–water partition coefficient (Wildman–Crippen LogP) is 2.96. The molecule has 0 unspecified atom stereocenters. The maximum Gasteiger partial charge on any atom is 0.348 e. The maximum absolute atomic E-state index is 14.2. The Labute approximate surface area is 180 Å². The Morgan fingerprint density at radius 3 is 2.55 bits per heavy atom. The summed E-state index contributed by atoms with van der Waals surface area (Å²) in [5.74, 6) is 0.0957. The number of sulfonamides is 1. The third kappa shape index (κ3) is 4.20.